The van der Waals surface area contributed by atoms with Gasteiger partial charge in [-0.2, -0.15) is 0 Å². The first-order chi connectivity index (χ1) is 21.6. The minimum absolute atomic E-state index is 0.0389. The van der Waals surface area contributed by atoms with Gasteiger partial charge < -0.3 is 19.1 Å². The fourth-order valence-electron chi connectivity index (χ4n) is 4.65. The number of nitrogens with zero attached hydrogens (tertiary/aromatic N) is 2. The van der Waals surface area contributed by atoms with Crippen molar-refractivity contribution in [3.63, 3.8) is 0 Å². The Labute approximate surface area is 258 Å². The molecule has 45 heavy (non-hydrogen) atoms. The number of benzene rings is 4. The van der Waals surface area contributed by atoms with Crippen LogP contribution in [0.5, 0.6) is 17.2 Å². The van der Waals surface area contributed by atoms with Crippen molar-refractivity contribution in [3.05, 3.63) is 123 Å². The Morgan fingerprint density at radius 1 is 0.822 bits per heavy atom. The molecule has 1 atom stereocenters. The van der Waals surface area contributed by atoms with E-state index >= 15 is 0 Å². The molecule has 0 unspecified atom stereocenters. The fourth-order valence-corrected chi connectivity index (χ4v) is 4.65. The van der Waals surface area contributed by atoms with Gasteiger partial charge in [0.1, 0.15) is 17.2 Å². The third-order valence-electron chi connectivity index (χ3n) is 7.37. The normalized spacial score (nSPS) is 14.1. The molecule has 5 rings (SSSR count). The zero-order valence-corrected chi connectivity index (χ0v) is 24.4. The smallest absolute Gasteiger partial charge is 0.343 e. The van der Waals surface area contributed by atoms with Gasteiger partial charge in [0.2, 0.25) is 5.91 Å². The molecule has 1 aliphatic heterocycles. The standard InChI is InChI=1S/C34H28N2O9/c1-21-3-12-30(17-22(21)2)44-28-15-10-26(11-16-28)35-19-25(18-32(35)38)33(39)43-20-31(37)23-6-13-29(14-7-23)45-34(40)24-4-8-27(9-5-24)36(41)42/h3-17,25H,18-20H2,1-2H3/t25-/m0/s1. The van der Waals surface area contributed by atoms with Gasteiger partial charge in [-0.15, -0.1) is 0 Å². The maximum absolute atomic E-state index is 12.7. The van der Waals surface area contributed by atoms with Crippen LogP contribution in [0.1, 0.15) is 38.3 Å². The van der Waals surface area contributed by atoms with Crippen molar-refractivity contribution in [2.24, 2.45) is 5.92 Å². The van der Waals surface area contributed by atoms with Crippen LogP contribution < -0.4 is 14.4 Å². The highest BCUT2D eigenvalue weighted by atomic mass is 16.6. The molecule has 11 heteroatoms. The Morgan fingerprint density at radius 3 is 2.09 bits per heavy atom. The SMILES string of the molecule is Cc1ccc(Oc2ccc(N3C[C@@H](C(=O)OCC(=O)c4ccc(OC(=O)c5ccc([N+](=O)[O-])cc5)cc4)CC3=O)cc2)cc1C. The number of rotatable bonds is 10. The lowest BCUT2D eigenvalue weighted by Crippen LogP contribution is -2.27. The molecule has 11 nitrogen and oxygen atoms in total. The third-order valence-corrected chi connectivity index (χ3v) is 7.37. The molecule has 0 spiro atoms. The molecule has 0 radical (unpaired) electrons. The van der Waals surface area contributed by atoms with Gasteiger partial charge in [0, 0.05) is 36.3 Å². The molecular weight excluding hydrogens is 580 g/mol. The predicted octanol–water partition coefficient (Wildman–Crippen LogP) is 6.00. The van der Waals surface area contributed by atoms with E-state index in [4.69, 9.17) is 14.2 Å². The summed E-state index contributed by atoms with van der Waals surface area (Å²) in [6.45, 7) is 3.64. The van der Waals surface area contributed by atoms with Gasteiger partial charge in [-0.1, -0.05) is 6.07 Å². The van der Waals surface area contributed by atoms with Gasteiger partial charge in [0.05, 0.1) is 16.4 Å². The summed E-state index contributed by atoms with van der Waals surface area (Å²) in [6.07, 6.45) is -0.0389. The second-order valence-corrected chi connectivity index (χ2v) is 10.5. The lowest BCUT2D eigenvalue weighted by molar-refractivity contribution is -0.384. The monoisotopic (exact) mass is 608 g/mol. The first-order valence-corrected chi connectivity index (χ1v) is 14.0. The first kappa shape index (κ1) is 30.6. The highest BCUT2D eigenvalue weighted by molar-refractivity contribution is 6.01. The van der Waals surface area contributed by atoms with E-state index in [1.54, 1.807) is 24.3 Å². The maximum atomic E-state index is 12.7. The summed E-state index contributed by atoms with van der Waals surface area (Å²) in [4.78, 5) is 62.0. The summed E-state index contributed by atoms with van der Waals surface area (Å²) in [5, 5.41) is 10.8. The number of hydrogen-bond acceptors (Lipinski definition) is 9. The van der Waals surface area contributed by atoms with Crippen molar-refractivity contribution in [2.45, 2.75) is 20.3 Å². The Balaban J connectivity index is 1.10. The molecule has 1 aliphatic rings. The summed E-state index contributed by atoms with van der Waals surface area (Å²) in [7, 11) is 0. The lowest BCUT2D eigenvalue weighted by atomic mass is 10.1. The number of ether oxygens (including phenoxy) is 3. The molecule has 1 amide bonds. The molecule has 0 N–H and O–H groups in total. The average molecular weight is 609 g/mol. The highest BCUT2D eigenvalue weighted by Gasteiger charge is 2.36. The van der Waals surface area contributed by atoms with Crippen LogP contribution in [0.4, 0.5) is 11.4 Å². The van der Waals surface area contributed by atoms with Gasteiger partial charge in [0.15, 0.2) is 12.4 Å². The van der Waals surface area contributed by atoms with E-state index in [2.05, 4.69) is 0 Å². The molecule has 4 aromatic rings. The summed E-state index contributed by atoms with van der Waals surface area (Å²) in [5.41, 5.74) is 3.09. The summed E-state index contributed by atoms with van der Waals surface area (Å²) >= 11 is 0. The Hall–Kier alpha value is -5.84. The van der Waals surface area contributed by atoms with Crippen LogP contribution >= 0.6 is 0 Å². The van der Waals surface area contributed by atoms with Crippen molar-refractivity contribution < 1.29 is 38.3 Å². The molecule has 0 bridgehead atoms. The van der Waals surface area contributed by atoms with E-state index in [0.29, 0.717) is 17.2 Å². The zero-order valence-electron chi connectivity index (χ0n) is 24.4. The van der Waals surface area contributed by atoms with Gasteiger partial charge in [-0.3, -0.25) is 24.5 Å². The minimum Gasteiger partial charge on any atom is -0.457 e. The van der Waals surface area contributed by atoms with Crippen LogP contribution in [0.15, 0.2) is 91.0 Å². The minimum atomic E-state index is -0.724. The van der Waals surface area contributed by atoms with E-state index in [1.165, 1.54) is 59.0 Å². The quantitative estimate of drug-likeness (QED) is 0.0696. The highest BCUT2D eigenvalue weighted by Crippen LogP contribution is 2.30. The van der Waals surface area contributed by atoms with Crippen molar-refractivity contribution in [1.29, 1.82) is 0 Å². The van der Waals surface area contributed by atoms with Gasteiger partial charge in [-0.05, 0) is 97.8 Å². The Morgan fingerprint density at radius 2 is 1.44 bits per heavy atom. The largest absolute Gasteiger partial charge is 0.457 e. The summed E-state index contributed by atoms with van der Waals surface area (Å²) < 4.78 is 16.4. The van der Waals surface area contributed by atoms with Gasteiger partial charge >= 0.3 is 11.9 Å². The summed E-state index contributed by atoms with van der Waals surface area (Å²) in [6, 6.07) is 23.4. The number of carbonyl (C=O) groups is 4. The molecule has 1 saturated heterocycles. The van der Waals surface area contributed by atoms with E-state index < -0.39 is 35.2 Å². The molecule has 0 saturated carbocycles. The third kappa shape index (κ3) is 7.39. The number of nitro groups is 1. The molecule has 4 aromatic carbocycles. The van der Waals surface area contributed by atoms with Crippen molar-refractivity contribution in [1.82, 2.24) is 0 Å². The zero-order chi connectivity index (χ0) is 32.1. The average Bonchev–Trinajstić information content (AvgIpc) is 3.43. The van der Waals surface area contributed by atoms with Gasteiger partial charge in [0.25, 0.3) is 5.69 Å². The van der Waals surface area contributed by atoms with E-state index in [1.807, 2.05) is 32.0 Å². The summed E-state index contributed by atoms with van der Waals surface area (Å²) in [5.74, 6) is -1.33. The van der Waals surface area contributed by atoms with Crippen LogP contribution in [0, 0.1) is 29.9 Å². The second-order valence-electron chi connectivity index (χ2n) is 10.5. The van der Waals surface area contributed by atoms with Crippen LogP contribution in [-0.4, -0.2) is 41.7 Å². The fraction of sp³-hybridized carbons (Fsp3) is 0.176. The molecule has 1 heterocycles. The maximum Gasteiger partial charge on any atom is 0.343 e. The second kappa shape index (κ2) is 13.2. The number of carbonyl (C=O) groups excluding carboxylic acids is 4. The van der Waals surface area contributed by atoms with E-state index in [0.717, 1.165) is 5.56 Å². The molecule has 0 aromatic heterocycles. The van der Waals surface area contributed by atoms with Crippen LogP contribution in [0.2, 0.25) is 0 Å². The number of ketones is 1. The number of anilines is 1. The topological polar surface area (TPSA) is 142 Å². The van der Waals surface area contributed by atoms with E-state index in [-0.39, 0.29) is 41.4 Å². The van der Waals surface area contributed by atoms with Crippen molar-refractivity contribution in [2.75, 3.05) is 18.1 Å². The number of aryl methyl sites for hydroxylation is 2. The molecule has 0 aliphatic carbocycles. The number of hydrogen-bond donors (Lipinski definition) is 0. The number of amides is 1. The Bertz CT molecular complexity index is 1770. The molecular formula is C34H28N2O9. The van der Waals surface area contributed by atoms with Crippen LogP contribution in [-0.2, 0) is 14.3 Å². The number of esters is 2. The van der Waals surface area contributed by atoms with Crippen LogP contribution in [0.25, 0.3) is 0 Å². The number of non-ortho nitro benzene ring substituents is 1. The lowest BCUT2D eigenvalue weighted by Gasteiger charge is -2.17. The number of Topliss-reactive ketones (excluding diaryl/α,β-unsaturated/α-hetero) is 1. The predicted molar refractivity (Wildman–Crippen MR) is 163 cm³/mol. The van der Waals surface area contributed by atoms with Crippen molar-refractivity contribution >= 4 is 35.0 Å². The van der Waals surface area contributed by atoms with E-state index in [9.17, 15) is 29.3 Å². The number of nitro benzene ring substituents is 1. The first-order valence-electron chi connectivity index (χ1n) is 14.0. The van der Waals surface area contributed by atoms with Crippen molar-refractivity contribution in [3.8, 4) is 17.2 Å². The van der Waals surface area contributed by atoms with Gasteiger partial charge in [-0.25, -0.2) is 4.79 Å². The molecule has 1 fully saturated rings. The van der Waals surface area contributed by atoms with Crippen LogP contribution in [0.3, 0.4) is 0 Å². The molecule has 228 valence electrons. The Kier molecular flexibility index (Phi) is 8.99.